The van der Waals surface area contributed by atoms with Crippen molar-refractivity contribution in [2.75, 3.05) is 13.7 Å². The molecule has 1 aliphatic rings. The first kappa shape index (κ1) is 12.0. The lowest BCUT2D eigenvalue weighted by atomic mass is 9.91. The summed E-state index contributed by atoms with van der Waals surface area (Å²) in [6.45, 7) is 5.10. The molecule has 1 aliphatic carbocycles. The van der Waals surface area contributed by atoms with Crippen molar-refractivity contribution in [1.29, 1.82) is 0 Å². The van der Waals surface area contributed by atoms with E-state index in [1.807, 2.05) is 0 Å². The fraction of sp³-hybridized carbons (Fsp3) is 1.00. The zero-order chi connectivity index (χ0) is 10.6. The van der Waals surface area contributed by atoms with Crippen LogP contribution in [0.25, 0.3) is 0 Å². The Hall–Kier alpha value is -0.120. The van der Waals surface area contributed by atoms with Gasteiger partial charge in [-0.05, 0) is 33.1 Å². The van der Waals surface area contributed by atoms with E-state index in [2.05, 4.69) is 19.2 Å². The molecule has 0 radical (unpaired) electrons. The largest absolute Gasteiger partial charge is 0.377 e. The molecule has 0 bridgehead atoms. The number of hydrogen-bond donors (Lipinski definition) is 2. The minimum Gasteiger partial charge on any atom is -0.377 e. The van der Waals surface area contributed by atoms with E-state index in [4.69, 9.17) is 10.5 Å². The van der Waals surface area contributed by atoms with Gasteiger partial charge in [0.1, 0.15) is 0 Å². The topological polar surface area (TPSA) is 47.3 Å². The van der Waals surface area contributed by atoms with Crippen molar-refractivity contribution >= 4 is 0 Å². The molecule has 0 aromatic rings. The van der Waals surface area contributed by atoms with Gasteiger partial charge in [-0.25, -0.2) is 0 Å². The number of nitrogens with two attached hydrogens (primary N) is 1. The van der Waals surface area contributed by atoms with Crippen molar-refractivity contribution in [3.8, 4) is 0 Å². The van der Waals surface area contributed by atoms with Crippen LogP contribution in [-0.2, 0) is 4.74 Å². The second-order valence-electron chi connectivity index (χ2n) is 4.97. The molecule has 84 valence electrons. The Balaban J connectivity index is 2.23. The molecule has 0 spiro atoms. The molecule has 3 nitrogen and oxygen atoms in total. The molecule has 0 saturated heterocycles. The number of ether oxygens (including phenoxy) is 1. The normalized spacial score (nSPS) is 29.1. The Labute approximate surface area is 87.4 Å². The van der Waals surface area contributed by atoms with Crippen LogP contribution in [0.4, 0.5) is 0 Å². The van der Waals surface area contributed by atoms with Crippen LogP contribution in [0.2, 0.25) is 0 Å². The molecule has 0 aliphatic heterocycles. The highest BCUT2D eigenvalue weighted by Gasteiger charge is 2.22. The van der Waals surface area contributed by atoms with Gasteiger partial charge in [-0.15, -0.1) is 0 Å². The van der Waals surface area contributed by atoms with Gasteiger partial charge in [-0.3, -0.25) is 0 Å². The van der Waals surface area contributed by atoms with Gasteiger partial charge >= 0.3 is 0 Å². The van der Waals surface area contributed by atoms with Crippen molar-refractivity contribution in [2.24, 2.45) is 5.73 Å². The third-order valence-electron chi connectivity index (χ3n) is 3.08. The summed E-state index contributed by atoms with van der Waals surface area (Å²) in [6.07, 6.45) is 4.81. The first-order valence-electron chi connectivity index (χ1n) is 5.57. The van der Waals surface area contributed by atoms with Crippen molar-refractivity contribution in [3.05, 3.63) is 0 Å². The van der Waals surface area contributed by atoms with Crippen molar-refractivity contribution in [3.63, 3.8) is 0 Å². The average Bonchev–Trinajstić information content (AvgIpc) is 2.15. The Morgan fingerprint density at radius 2 is 2.14 bits per heavy atom. The third kappa shape index (κ3) is 3.95. The highest BCUT2D eigenvalue weighted by molar-refractivity contribution is 4.82. The predicted molar refractivity (Wildman–Crippen MR) is 59.3 cm³/mol. The monoisotopic (exact) mass is 200 g/mol. The summed E-state index contributed by atoms with van der Waals surface area (Å²) in [4.78, 5) is 0. The summed E-state index contributed by atoms with van der Waals surface area (Å²) >= 11 is 0. The summed E-state index contributed by atoms with van der Waals surface area (Å²) < 4.78 is 5.36. The average molecular weight is 200 g/mol. The molecule has 14 heavy (non-hydrogen) atoms. The molecule has 3 N–H and O–H groups in total. The first-order chi connectivity index (χ1) is 6.53. The highest BCUT2D eigenvalue weighted by Crippen LogP contribution is 2.17. The zero-order valence-corrected chi connectivity index (χ0v) is 9.68. The molecular formula is C11H24N2O. The second kappa shape index (κ2) is 5.10. The van der Waals surface area contributed by atoms with Gasteiger partial charge in [0.2, 0.25) is 0 Å². The van der Waals surface area contributed by atoms with Gasteiger partial charge in [0, 0.05) is 25.7 Å². The summed E-state index contributed by atoms with van der Waals surface area (Å²) in [5.41, 5.74) is 5.86. The molecule has 1 rings (SSSR count). The van der Waals surface area contributed by atoms with Crippen molar-refractivity contribution in [1.82, 2.24) is 5.32 Å². The highest BCUT2D eigenvalue weighted by atomic mass is 16.5. The summed E-state index contributed by atoms with van der Waals surface area (Å²) in [6, 6.07) is 0.986. The summed E-state index contributed by atoms with van der Waals surface area (Å²) in [5, 5.41) is 3.54. The minimum atomic E-state index is -0.0679. The van der Waals surface area contributed by atoms with E-state index in [1.165, 1.54) is 19.3 Å². The fourth-order valence-corrected chi connectivity index (χ4v) is 1.88. The van der Waals surface area contributed by atoms with E-state index in [0.717, 1.165) is 13.0 Å². The van der Waals surface area contributed by atoms with Gasteiger partial charge in [0.25, 0.3) is 0 Å². The molecule has 0 aromatic heterocycles. The Bertz CT molecular complexity index is 171. The van der Waals surface area contributed by atoms with Crippen LogP contribution in [0, 0.1) is 0 Å². The van der Waals surface area contributed by atoms with Crippen LogP contribution in [0.3, 0.4) is 0 Å². The second-order valence-corrected chi connectivity index (χ2v) is 4.97. The Morgan fingerprint density at radius 3 is 2.71 bits per heavy atom. The fourth-order valence-electron chi connectivity index (χ4n) is 1.88. The quantitative estimate of drug-likeness (QED) is 0.718. The predicted octanol–water partition coefficient (Wildman–Crippen LogP) is 1.27. The van der Waals surface area contributed by atoms with Crippen LogP contribution in [-0.4, -0.2) is 31.3 Å². The third-order valence-corrected chi connectivity index (χ3v) is 3.08. The molecule has 3 heteroatoms. The van der Waals surface area contributed by atoms with Gasteiger partial charge in [-0.1, -0.05) is 6.42 Å². The standard InChI is InChI=1S/C11H24N2O/c1-11(2,14-3)8-13-10-6-4-5-9(12)7-10/h9-10,13H,4-8,12H2,1-3H3. The molecule has 2 atom stereocenters. The lowest BCUT2D eigenvalue weighted by molar-refractivity contribution is 0.0198. The number of methoxy groups -OCH3 is 1. The number of nitrogens with one attached hydrogen (secondary N) is 1. The van der Waals surface area contributed by atoms with Gasteiger partial charge in [0.15, 0.2) is 0 Å². The van der Waals surface area contributed by atoms with Crippen molar-refractivity contribution in [2.45, 2.75) is 57.2 Å². The zero-order valence-electron chi connectivity index (χ0n) is 9.68. The van der Waals surface area contributed by atoms with Crippen LogP contribution in [0.5, 0.6) is 0 Å². The maximum absolute atomic E-state index is 5.93. The Kier molecular flexibility index (Phi) is 4.35. The number of rotatable bonds is 4. The van der Waals surface area contributed by atoms with Gasteiger partial charge < -0.3 is 15.8 Å². The van der Waals surface area contributed by atoms with E-state index < -0.39 is 0 Å². The lowest BCUT2D eigenvalue weighted by Gasteiger charge is -2.31. The smallest absolute Gasteiger partial charge is 0.0746 e. The van der Waals surface area contributed by atoms with E-state index in [-0.39, 0.29) is 5.60 Å². The van der Waals surface area contributed by atoms with Crippen LogP contribution in [0.15, 0.2) is 0 Å². The SMILES string of the molecule is COC(C)(C)CNC1CCCC(N)C1. The maximum atomic E-state index is 5.93. The Morgan fingerprint density at radius 1 is 1.43 bits per heavy atom. The van der Waals surface area contributed by atoms with Gasteiger partial charge in [-0.2, -0.15) is 0 Å². The summed E-state index contributed by atoms with van der Waals surface area (Å²) in [5.74, 6) is 0. The molecule has 1 saturated carbocycles. The van der Waals surface area contributed by atoms with Crippen LogP contribution < -0.4 is 11.1 Å². The van der Waals surface area contributed by atoms with E-state index in [0.29, 0.717) is 12.1 Å². The van der Waals surface area contributed by atoms with Crippen LogP contribution >= 0.6 is 0 Å². The van der Waals surface area contributed by atoms with E-state index >= 15 is 0 Å². The van der Waals surface area contributed by atoms with Crippen molar-refractivity contribution < 1.29 is 4.74 Å². The van der Waals surface area contributed by atoms with E-state index in [9.17, 15) is 0 Å². The minimum absolute atomic E-state index is 0.0679. The maximum Gasteiger partial charge on any atom is 0.0746 e. The molecule has 0 aromatic carbocycles. The lowest BCUT2D eigenvalue weighted by Crippen LogP contribution is -2.45. The summed E-state index contributed by atoms with van der Waals surface area (Å²) in [7, 11) is 1.76. The molecule has 1 fully saturated rings. The number of hydrogen-bond acceptors (Lipinski definition) is 3. The van der Waals surface area contributed by atoms with Crippen LogP contribution in [0.1, 0.15) is 39.5 Å². The molecule has 0 heterocycles. The first-order valence-corrected chi connectivity index (χ1v) is 5.57. The van der Waals surface area contributed by atoms with Gasteiger partial charge in [0.05, 0.1) is 5.60 Å². The molecule has 0 amide bonds. The molecule has 2 unspecified atom stereocenters. The molecular weight excluding hydrogens is 176 g/mol. The van der Waals surface area contributed by atoms with E-state index in [1.54, 1.807) is 7.11 Å².